The zero-order valence-electron chi connectivity index (χ0n) is 11.4. The number of morpholine rings is 1. The molecule has 1 fully saturated rings. The molecular weight excluding hydrogens is 268 g/mol. The number of nitrogens with zero attached hydrogens (tertiary/aromatic N) is 1. The fraction of sp³-hybridized carbons (Fsp3) is 0.667. The van der Waals surface area contributed by atoms with Crippen LogP contribution in [0.5, 0.6) is 0 Å². The minimum Gasteiger partial charge on any atom is -0.465 e. The summed E-state index contributed by atoms with van der Waals surface area (Å²) < 4.78 is 37.3. The molecule has 0 radical (unpaired) electrons. The van der Waals surface area contributed by atoms with Crippen LogP contribution in [-0.4, -0.2) is 44.6 Å². The van der Waals surface area contributed by atoms with E-state index in [1.54, 1.807) is 19.9 Å². The van der Waals surface area contributed by atoms with E-state index in [-0.39, 0.29) is 23.6 Å². The number of hydrogen-bond donors (Lipinski definition) is 1. The van der Waals surface area contributed by atoms with Gasteiger partial charge in [-0.3, -0.25) is 0 Å². The lowest BCUT2D eigenvalue weighted by atomic mass is 10.2. The maximum absolute atomic E-state index is 12.6. The monoisotopic (exact) mass is 288 g/mol. The van der Waals surface area contributed by atoms with Gasteiger partial charge in [0.2, 0.25) is 10.0 Å². The maximum Gasteiger partial charge on any atom is 0.246 e. The first-order valence-corrected chi connectivity index (χ1v) is 7.70. The highest BCUT2D eigenvalue weighted by Gasteiger charge is 2.34. The Labute approximate surface area is 113 Å². The van der Waals surface area contributed by atoms with Gasteiger partial charge in [0, 0.05) is 19.1 Å². The fourth-order valence-corrected chi connectivity index (χ4v) is 3.85. The Bertz CT molecular complexity index is 550. The third-order valence-electron chi connectivity index (χ3n) is 3.26. The van der Waals surface area contributed by atoms with Gasteiger partial charge in [0.25, 0.3) is 0 Å². The van der Waals surface area contributed by atoms with Crippen molar-refractivity contribution in [2.24, 2.45) is 5.73 Å². The third kappa shape index (κ3) is 2.84. The van der Waals surface area contributed by atoms with Crippen LogP contribution in [0.15, 0.2) is 15.4 Å². The van der Waals surface area contributed by atoms with Gasteiger partial charge in [-0.15, -0.1) is 0 Å². The average Bonchev–Trinajstić information content (AvgIpc) is 2.69. The van der Waals surface area contributed by atoms with Gasteiger partial charge in [-0.1, -0.05) is 0 Å². The lowest BCUT2D eigenvalue weighted by molar-refractivity contribution is -0.0120. The number of aryl methyl sites for hydroxylation is 2. The van der Waals surface area contributed by atoms with Crippen molar-refractivity contribution < 1.29 is 17.6 Å². The Morgan fingerprint density at radius 1 is 1.47 bits per heavy atom. The number of rotatable bonds is 3. The molecule has 0 bridgehead atoms. The molecule has 2 rings (SSSR count). The normalized spacial score (nSPS) is 23.5. The second-order valence-electron chi connectivity index (χ2n) is 4.91. The molecule has 0 spiro atoms. The van der Waals surface area contributed by atoms with Crippen LogP contribution in [-0.2, 0) is 14.8 Å². The molecule has 19 heavy (non-hydrogen) atoms. The Kier molecular flexibility index (Phi) is 4.00. The van der Waals surface area contributed by atoms with Crippen molar-refractivity contribution in [3.63, 3.8) is 0 Å². The van der Waals surface area contributed by atoms with Gasteiger partial charge >= 0.3 is 0 Å². The van der Waals surface area contributed by atoms with Gasteiger partial charge in [-0.25, -0.2) is 8.42 Å². The van der Waals surface area contributed by atoms with E-state index in [9.17, 15) is 8.42 Å². The smallest absolute Gasteiger partial charge is 0.246 e. The summed E-state index contributed by atoms with van der Waals surface area (Å²) in [6, 6.07) is 1.35. The molecule has 1 aliphatic rings. The second kappa shape index (κ2) is 5.24. The second-order valence-corrected chi connectivity index (χ2v) is 6.82. The van der Waals surface area contributed by atoms with E-state index in [2.05, 4.69) is 0 Å². The van der Waals surface area contributed by atoms with Crippen molar-refractivity contribution in [2.75, 3.05) is 19.7 Å². The highest BCUT2D eigenvalue weighted by Crippen LogP contribution is 2.25. The molecule has 0 aromatic carbocycles. The van der Waals surface area contributed by atoms with E-state index >= 15 is 0 Å². The molecular formula is C12H20N2O4S. The van der Waals surface area contributed by atoms with Crippen LogP contribution in [0.3, 0.4) is 0 Å². The summed E-state index contributed by atoms with van der Waals surface area (Å²) in [5.74, 6) is 1.01. The molecule has 2 heterocycles. The molecule has 0 unspecified atom stereocenters. The lowest BCUT2D eigenvalue weighted by Crippen LogP contribution is -2.51. The molecule has 1 aliphatic heterocycles. The van der Waals surface area contributed by atoms with Gasteiger partial charge < -0.3 is 14.9 Å². The van der Waals surface area contributed by atoms with Crippen molar-refractivity contribution in [1.82, 2.24) is 4.31 Å². The zero-order chi connectivity index (χ0) is 14.2. The molecule has 7 heteroatoms. The van der Waals surface area contributed by atoms with Gasteiger partial charge in [0.1, 0.15) is 16.4 Å². The Morgan fingerprint density at radius 3 is 2.68 bits per heavy atom. The molecule has 2 atom stereocenters. The van der Waals surface area contributed by atoms with Crippen molar-refractivity contribution in [2.45, 2.75) is 37.8 Å². The van der Waals surface area contributed by atoms with Crippen LogP contribution in [0.1, 0.15) is 18.4 Å². The number of ether oxygens (including phenoxy) is 1. The third-order valence-corrected chi connectivity index (χ3v) is 5.23. The molecule has 2 N–H and O–H groups in total. The topological polar surface area (TPSA) is 85.8 Å². The van der Waals surface area contributed by atoms with Gasteiger partial charge in [-0.2, -0.15) is 4.31 Å². The highest BCUT2D eigenvalue weighted by molar-refractivity contribution is 7.89. The molecule has 0 saturated carbocycles. The predicted molar refractivity (Wildman–Crippen MR) is 70.3 cm³/mol. The van der Waals surface area contributed by atoms with E-state index < -0.39 is 10.0 Å². The van der Waals surface area contributed by atoms with E-state index in [0.717, 1.165) is 0 Å². The van der Waals surface area contributed by atoms with Crippen molar-refractivity contribution >= 4 is 10.0 Å². The largest absolute Gasteiger partial charge is 0.465 e. The molecule has 1 aromatic rings. The van der Waals surface area contributed by atoms with Gasteiger partial charge in [-0.05, 0) is 26.8 Å². The van der Waals surface area contributed by atoms with Crippen molar-refractivity contribution in [1.29, 1.82) is 0 Å². The van der Waals surface area contributed by atoms with E-state index in [1.165, 1.54) is 4.31 Å². The average molecular weight is 288 g/mol. The summed E-state index contributed by atoms with van der Waals surface area (Å²) in [5.41, 5.74) is 5.78. The number of hydrogen-bond acceptors (Lipinski definition) is 5. The quantitative estimate of drug-likeness (QED) is 0.882. The van der Waals surface area contributed by atoms with Crippen LogP contribution in [0.25, 0.3) is 0 Å². The minimum absolute atomic E-state index is 0.204. The summed E-state index contributed by atoms with van der Waals surface area (Å²) in [6.07, 6.45) is -0.267. The SMILES string of the molecule is Cc1cc(S(=O)(=O)N2CCO[C@H]([C@@H](C)N)C2)c(C)o1. The summed E-state index contributed by atoms with van der Waals surface area (Å²) >= 11 is 0. The molecule has 6 nitrogen and oxygen atoms in total. The molecule has 108 valence electrons. The summed E-state index contributed by atoms with van der Waals surface area (Å²) in [4.78, 5) is 0.232. The van der Waals surface area contributed by atoms with Gasteiger partial charge in [0.05, 0.1) is 12.7 Å². The van der Waals surface area contributed by atoms with E-state index in [4.69, 9.17) is 14.9 Å². The van der Waals surface area contributed by atoms with Crippen LogP contribution >= 0.6 is 0 Å². The first-order chi connectivity index (χ1) is 8.82. The van der Waals surface area contributed by atoms with Crippen molar-refractivity contribution in [3.05, 3.63) is 17.6 Å². The first-order valence-electron chi connectivity index (χ1n) is 6.26. The number of sulfonamides is 1. The number of nitrogens with two attached hydrogens (primary N) is 1. The summed E-state index contributed by atoms with van der Waals surface area (Å²) in [6.45, 7) is 6.19. The maximum atomic E-state index is 12.6. The van der Waals surface area contributed by atoms with Gasteiger partial charge in [0.15, 0.2) is 0 Å². The Morgan fingerprint density at radius 2 is 2.16 bits per heavy atom. The zero-order valence-corrected chi connectivity index (χ0v) is 12.2. The van der Waals surface area contributed by atoms with Crippen molar-refractivity contribution in [3.8, 4) is 0 Å². The van der Waals surface area contributed by atoms with Crippen LogP contribution in [0, 0.1) is 13.8 Å². The summed E-state index contributed by atoms with van der Waals surface area (Å²) in [7, 11) is -3.53. The Balaban J connectivity index is 2.27. The molecule has 0 amide bonds. The standard InChI is InChI=1S/C12H20N2O4S/c1-8-6-12(10(3)18-8)19(15,16)14-4-5-17-11(7-14)9(2)13/h6,9,11H,4-5,7,13H2,1-3H3/t9-,11+/m1/s1. The summed E-state index contributed by atoms with van der Waals surface area (Å²) in [5, 5.41) is 0. The lowest BCUT2D eigenvalue weighted by Gasteiger charge is -2.33. The van der Waals surface area contributed by atoms with E-state index in [1.807, 2.05) is 6.92 Å². The fourth-order valence-electron chi connectivity index (χ4n) is 2.19. The number of furan rings is 1. The van der Waals surface area contributed by atoms with Crippen LogP contribution in [0.4, 0.5) is 0 Å². The van der Waals surface area contributed by atoms with E-state index in [0.29, 0.717) is 24.7 Å². The highest BCUT2D eigenvalue weighted by atomic mass is 32.2. The molecule has 1 saturated heterocycles. The first kappa shape index (κ1) is 14.5. The molecule has 1 aromatic heterocycles. The predicted octanol–water partition coefficient (Wildman–Crippen LogP) is 0.633. The molecule has 0 aliphatic carbocycles. The Hall–Kier alpha value is -0.890. The van der Waals surface area contributed by atoms with Crippen LogP contribution < -0.4 is 5.73 Å². The minimum atomic E-state index is -3.53. The van der Waals surface area contributed by atoms with Crippen LogP contribution in [0.2, 0.25) is 0 Å².